The number of rotatable bonds is 5. The number of carbonyl (C=O) groups excluding carboxylic acids is 1. The minimum atomic E-state index is -1.77. The highest BCUT2D eigenvalue weighted by atomic mass is 16.7. The van der Waals surface area contributed by atoms with Crippen LogP contribution < -0.4 is 5.73 Å². The van der Waals surface area contributed by atoms with Gasteiger partial charge in [-0.2, -0.15) is 0 Å². The van der Waals surface area contributed by atoms with Crippen LogP contribution in [-0.2, 0) is 28.5 Å². The summed E-state index contributed by atoms with van der Waals surface area (Å²) in [5.74, 6) is -0.981. The Bertz CT molecular complexity index is 478. The molecule has 0 amide bonds. The fourth-order valence-corrected chi connectivity index (χ4v) is 2.95. The Labute approximate surface area is 149 Å². The molecule has 0 aliphatic carbocycles. The second kappa shape index (κ2) is 8.84. The van der Waals surface area contributed by atoms with Gasteiger partial charge in [0.15, 0.2) is 18.4 Å². The van der Waals surface area contributed by atoms with Gasteiger partial charge in [-0.25, -0.2) is 4.79 Å². The molecule has 0 aromatic rings. The van der Waals surface area contributed by atoms with Gasteiger partial charge >= 0.3 is 5.97 Å². The molecule has 2 saturated heterocycles. The van der Waals surface area contributed by atoms with Crippen LogP contribution in [0.2, 0.25) is 0 Å². The van der Waals surface area contributed by atoms with E-state index >= 15 is 0 Å². The summed E-state index contributed by atoms with van der Waals surface area (Å²) in [7, 11) is 2.41. The SMILES string of the molecule is COC(=O)C1OC(OC2C(CO)OC(OC)C([NH3+])C2O)C(O)C(O)C1O. The molecule has 0 aromatic carbocycles. The van der Waals surface area contributed by atoms with E-state index in [0.717, 1.165) is 7.11 Å². The molecule has 10 unspecified atom stereocenters. The molecular formula is C14H26NO11+. The highest BCUT2D eigenvalue weighted by Gasteiger charge is 2.52. The van der Waals surface area contributed by atoms with E-state index < -0.39 is 73.9 Å². The number of aliphatic hydroxyl groups excluding tert-OH is 5. The molecule has 0 bridgehead atoms. The van der Waals surface area contributed by atoms with Crippen molar-refractivity contribution in [2.75, 3.05) is 20.8 Å². The van der Waals surface area contributed by atoms with Crippen molar-refractivity contribution in [2.24, 2.45) is 0 Å². The van der Waals surface area contributed by atoms with Gasteiger partial charge in [0.1, 0.15) is 36.6 Å². The lowest BCUT2D eigenvalue weighted by Gasteiger charge is -2.44. The summed E-state index contributed by atoms with van der Waals surface area (Å²) in [4.78, 5) is 11.7. The third-order valence-electron chi connectivity index (χ3n) is 4.51. The monoisotopic (exact) mass is 384 g/mol. The highest BCUT2D eigenvalue weighted by molar-refractivity contribution is 5.75. The second-order valence-corrected chi connectivity index (χ2v) is 6.14. The molecule has 2 fully saturated rings. The number of esters is 1. The van der Waals surface area contributed by atoms with Gasteiger partial charge in [-0.05, 0) is 0 Å². The van der Waals surface area contributed by atoms with Crippen molar-refractivity contribution >= 4 is 5.97 Å². The van der Waals surface area contributed by atoms with Gasteiger partial charge in [0.25, 0.3) is 0 Å². The lowest BCUT2D eigenvalue weighted by atomic mass is 9.96. The minimum absolute atomic E-state index is 0.553. The number of aliphatic hydroxyl groups is 5. The fourth-order valence-electron chi connectivity index (χ4n) is 2.95. The van der Waals surface area contributed by atoms with Gasteiger partial charge in [-0.1, -0.05) is 0 Å². The normalized spacial score (nSPS) is 46.8. The molecule has 10 atom stereocenters. The average Bonchev–Trinajstić information content (AvgIpc) is 2.65. The summed E-state index contributed by atoms with van der Waals surface area (Å²) in [5, 5.41) is 49.8. The van der Waals surface area contributed by atoms with E-state index in [0.29, 0.717) is 0 Å². The Hall–Kier alpha value is -0.930. The quantitative estimate of drug-likeness (QED) is 0.248. The summed E-state index contributed by atoms with van der Waals surface area (Å²) in [6.07, 6.45) is -12.9. The smallest absolute Gasteiger partial charge is 0.337 e. The third-order valence-corrected chi connectivity index (χ3v) is 4.51. The van der Waals surface area contributed by atoms with Crippen LogP contribution in [0.4, 0.5) is 0 Å². The molecule has 2 rings (SSSR count). The zero-order chi connectivity index (χ0) is 19.6. The van der Waals surface area contributed by atoms with Crippen molar-refractivity contribution in [3.8, 4) is 0 Å². The van der Waals surface area contributed by atoms with Gasteiger partial charge in [-0.3, -0.25) is 0 Å². The molecule has 0 aromatic heterocycles. The standard InChI is InChI=1S/C14H25NO11/c1-22-12(21)11-8(19)7(18)9(20)14(26-11)25-10-4(3-16)24-13(23-2)5(15)6(10)17/h4-11,13-14,16-20H,3,15H2,1-2H3/p+1. The van der Waals surface area contributed by atoms with Gasteiger partial charge in [0.2, 0.25) is 6.29 Å². The van der Waals surface area contributed by atoms with Crippen LogP contribution in [0.3, 0.4) is 0 Å². The molecular weight excluding hydrogens is 358 g/mol. The van der Waals surface area contributed by atoms with E-state index in [4.69, 9.17) is 18.9 Å². The van der Waals surface area contributed by atoms with E-state index in [1.807, 2.05) is 0 Å². The largest absolute Gasteiger partial charge is 0.467 e. The number of hydrogen-bond donors (Lipinski definition) is 6. The Balaban J connectivity index is 2.17. The van der Waals surface area contributed by atoms with Gasteiger partial charge < -0.3 is 55.0 Å². The maximum atomic E-state index is 11.7. The van der Waals surface area contributed by atoms with Crippen LogP contribution in [-0.4, -0.2) is 114 Å². The summed E-state index contributed by atoms with van der Waals surface area (Å²) in [6.45, 7) is -0.553. The lowest BCUT2D eigenvalue weighted by molar-refractivity contribution is -0.504. The van der Waals surface area contributed by atoms with Crippen LogP contribution in [0, 0.1) is 0 Å². The minimum Gasteiger partial charge on any atom is -0.467 e. The fraction of sp³-hybridized carbons (Fsp3) is 0.929. The molecule has 0 saturated carbocycles. The maximum absolute atomic E-state index is 11.7. The topological polar surface area (TPSA) is 192 Å². The first-order valence-corrected chi connectivity index (χ1v) is 8.00. The Morgan fingerprint density at radius 2 is 1.65 bits per heavy atom. The van der Waals surface area contributed by atoms with Crippen LogP contribution in [0.25, 0.3) is 0 Å². The molecule has 2 aliphatic rings. The zero-order valence-electron chi connectivity index (χ0n) is 14.4. The molecule has 0 radical (unpaired) electrons. The first-order valence-electron chi connectivity index (χ1n) is 8.00. The van der Waals surface area contributed by atoms with E-state index in [2.05, 4.69) is 10.5 Å². The zero-order valence-corrected chi connectivity index (χ0v) is 14.4. The van der Waals surface area contributed by atoms with Crippen molar-refractivity contribution in [2.45, 2.75) is 61.3 Å². The van der Waals surface area contributed by atoms with Gasteiger partial charge in [-0.15, -0.1) is 0 Å². The first-order chi connectivity index (χ1) is 12.3. The Morgan fingerprint density at radius 1 is 1.00 bits per heavy atom. The van der Waals surface area contributed by atoms with Crippen molar-refractivity contribution in [1.29, 1.82) is 0 Å². The predicted octanol–water partition coefficient (Wildman–Crippen LogP) is -5.31. The van der Waals surface area contributed by atoms with E-state index in [1.54, 1.807) is 0 Å². The summed E-state index contributed by atoms with van der Waals surface area (Å²) in [5.41, 5.74) is 3.72. The molecule has 152 valence electrons. The Morgan fingerprint density at radius 3 is 2.19 bits per heavy atom. The average molecular weight is 384 g/mol. The molecule has 26 heavy (non-hydrogen) atoms. The third kappa shape index (κ3) is 3.99. The Kier molecular flexibility index (Phi) is 7.27. The van der Waals surface area contributed by atoms with E-state index in [-0.39, 0.29) is 0 Å². The molecule has 2 heterocycles. The van der Waals surface area contributed by atoms with Gasteiger partial charge in [0, 0.05) is 7.11 Å². The second-order valence-electron chi connectivity index (χ2n) is 6.14. The van der Waals surface area contributed by atoms with Crippen LogP contribution in [0.5, 0.6) is 0 Å². The first kappa shape index (κ1) is 21.4. The van der Waals surface area contributed by atoms with E-state index in [9.17, 15) is 30.3 Å². The number of carbonyl (C=O) groups is 1. The van der Waals surface area contributed by atoms with Crippen molar-refractivity contribution in [3.63, 3.8) is 0 Å². The highest BCUT2D eigenvalue weighted by Crippen LogP contribution is 2.28. The molecule has 12 heteroatoms. The van der Waals surface area contributed by atoms with Gasteiger partial charge in [0.05, 0.1) is 13.7 Å². The van der Waals surface area contributed by atoms with E-state index in [1.165, 1.54) is 7.11 Å². The number of quaternary nitrogens is 1. The summed E-state index contributed by atoms with van der Waals surface area (Å²) < 4.78 is 25.6. The number of methoxy groups -OCH3 is 2. The van der Waals surface area contributed by atoms with Crippen LogP contribution in [0.15, 0.2) is 0 Å². The van der Waals surface area contributed by atoms with Crippen LogP contribution >= 0.6 is 0 Å². The van der Waals surface area contributed by atoms with Crippen LogP contribution in [0.1, 0.15) is 0 Å². The summed E-state index contributed by atoms with van der Waals surface area (Å²) in [6, 6.07) is -0.791. The molecule has 0 spiro atoms. The molecule has 8 N–H and O–H groups in total. The number of hydrogen-bond acceptors (Lipinski definition) is 11. The van der Waals surface area contributed by atoms with Crippen molar-refractivity contribution in [1.82, 2.24) is 0 Å². The maximum Gasteiger partial charge on any atom is 0.337 e. The predicted molar refractivity (Wildman–Crippen MR) is 79.0 cm³/mol. The van der Waals surface area contributed by atoms with Crippen molar-refractivity contribution < 1.29 is 59.7 Å². The molecule has 2 aliphatic heterocycles. The number of ether oxygens (including phenoxy) is 5. The van der Waals surface area contributed by atoms with Crippen molar-refractivity contribution in [3.05, 3.63) is 0 Å². The lowest BCUT2D eigenvalue weighted by Crippen LogP contribution is -2.78. The molecule has 12 nitrogen and oxygen atoms in total. The summed E-state index contributed by atoms with van der Waals surface area (Å²) >= 11 is 0.